The van der Waals surface area contributed by atoms with Crippen LogP contribution in [0.1, 0.15) is 59.7 Å². The van der Waals surface area contributed by atoms with E-state index in [0.29, 0.717) is 29.0 Å². The number of halogens is 1. The maximum Gasteiger partial charge on any atom is 0.352 e. The van der Waals surface area contributed by atoms with Gasteiger partial charge in [-0.05, 0) is 56.0 Å². The maximum absolute atomic E-state index is 12.6. The van der Waals surface area contributed by atoms with Crippen LogP contribution < -0.4 is 0 Å². The SMILES string of the molecule is COC(=O)C(OC(=O)c1ccc(C#CC2(O)CCCCC2)cc1)c1ccccc1Cl. The van der Waals surface area contributed by atoms with Gasteiger partial charge in [0, 0.05) is 16.1 Å². The highest BCUT2D eigenvalue weighted by Crippen LogP contribution is 2.28. The van der Waals surface area contributed by atoms with Crippen molar-refractivity contribution in [2.24, 2.45) is 0 Å². The van der Waals surface area contributed by atoms with E-state index < -0.39 is 23.6 Å². The van der Waals surface area contributed by atoms with Crippen LogP contribution >= 0.6 is 11.6 Å². The summed E-state index contributed by atoms with van der Waals surface area (Å²) in [6.45, 7) is 0. The van der Waals surface area contributed by atoms with Gasteiger partial charge in [-0.2, -0.15) is 0 Å². The van der Waals surface area contributed by atoms with E-state index in [1.807, 2.05) is 0 Å². The molecule has 1 aliphatic rings. The summed E-state index contributed by atoms with van der Waals surface area (Å²) in [5, 5.41) is 10.8. The second kappa shape index (κ2) is 9.80. The summed E-state index contributed by atoms with van der Waals surface area (Å²) < 4.78 is 10.2. The van der Waals surface area contributed by atoms with E-state index >= 15 is 0 Å². The fraction of sp³-hybridized carbons (Fsp3) is 0.333. The summed E-state index contributed by atoms with van der Waals surface area (Å²) in [6.07, 6.45) is 3.17. The van der Waals surface area contributed by atoms with Gasteiger partial charge in [0.2, 0.25) is 6.10 Å². The average Bonchev–Trinajstić information content (AvgIpc) is 2.77. The Morgan fingerprint density at radius 3 is 2.37 bits per heavy atom. The van der Waals surface area contributed by atoms with Gasteiger partial charge in [0.05, 0.1) is 12.7 Å². The molecule has 0 radical (unpaired) electrons. The zero-order valence-corrected chi connectivity index (χ0v) is 17.4. The molecule has 3 rings (SSSR count). The predicted molar refractivity (Wildman–Crippen MR) is 113 cm³/mol. The largest absolute Gasteiger partial charge is 0.466 e. The Balaban J connectivity index is 1.73. The molecule has 1 N–H and O–H groups in total. The van der Waals surface area contributed by atoms with Crippen molar-refractivity contribution < 1.29 is 24.2 Å². The molecule has 2 aromatic rings. The topological polar surface area (TPSA) is 72.8 Å². The van der Waals surface area contributed by atoms with Crippen molar-refractivity contribution in [1.82, 2.24) is 0 Å². The zero-order chi connectivity index (χ0) is 21.6. The lowest BCUT2D eigenvalue weighted by atomic mass is 9.85. The number of hydrogen-bond acceptors (Lipinski definition) is 5. The first-order valence-corrected chi connectivity index (χ1v) is 10.2. The smallest absolute Gasteiger partial charge is 0.352 e. The first-order chi connectivity index (χ1) is 14.4. The van der Waals surface area contributed by atoms with Crippen LogP contribution in [0.2, 0.25) is 5.02 Å². The third kappa shape index (κ3) is 5.41. The Kier molecular flexibility index (Phi) is 7.15. The molecule has 1 aliphatic carbocycles. The van der Waals surface area contributed by atoms with Crippen LogP contribution in [0, 0.1) is 11.8 Å². The number of hydrogen-bond donors (Lipinski definition) is 1. The van der Waals surface area contributed by atoms with Crippen LogP contribution in [0.5, 0.6) is 0 Å². The second-order valence-corrected chi connectivity index (χ2v) is 7.66. The van der Waals surface area contributed by atoms with Gasteiger partial charge in [-0.25, -0.2) is 9.59 Å². The van der Waals surface area contributed by atoms with Crippen LogP contribution in [0.15, 0.2) is 48.5 Å². The molecule has 0 aliphatic heterocycles. The van der Waals surface area contributed by atoms with Gasteiger partial charge in [-0.15, -0.1) is 0 Å². The first kappa shape index (κ1) is 21.9. The van der Waals surface area contributed by atoms with E-state index in [1.54, 1.807) is 48.5 Å². The highest BCUT2D eigenvalue weighted by Gasteiger charge is 2.28. The molecular weight excluding hydrogens is 404 g/mol. The Bertz CT molecular complexity index is 965. The van der Waals surface area contributed by atoms with Crippen LogP contribution in [0.4, 0.5) is 0 Å². The van der Waals surface area contributed by atoms with E-state index in [4.69, 9.17) is 21.1 Å². The van der Waals surface area contributed by atoms with Crippen molar-refractivity contribution in [3.63, 3.8) is 0 Å². The van der Waals surface area contributed by atoms with Gasteiger partial charge in [0.1, 0.15) is 5.60 Å². The molecule has 2 aromatic carbocycles. The number of ether oxygens (including phenoxy) is 2. The lowest BCUT2D eigenvalue weighted by Gasteiger charge is -2.26. The van der Waals surface area contributed by atoms with E-state index in [2.05, 4.69) is 11.8 Å². The van der Waals surface area contributed by atoms with Gasteiger partial charge < -0.3 is 14.6 Å². The molecule has 0 aromatic heterocycles. The number of carbonyl (C=O) groups excluding carboxylic acids is 2. The molecule has 1 atom stereocenters. The van der Waals surface area contributed by atoms with Crippen molar-refractivity contribution in [1.29, 1.82) is 0 Å². The molecule has 0 spiro atoms. The third-order valence-electron chi connectivity index (χ3n) is 5.07. The molecule has 0 saturated heterocycles. The summed E-state index contributed by atoms with van der Waals surface area (Å²) in [5.74, 6) is 4.53. The van der Waals surface area contributed by atoms with Crippen molar-refractivity contribution in [3.8, 4) is 11.8 Å². The quantitative estimate of drug-likeness (QED) is 0.577. The standard InChI is InChI=1S/C24H23ClO5/c1-29-23(27)21(19-7-3-4-8-20(19)25)30-22(26)18-11-9-17(10-12-18)13-16-24(28)14-5-2-6-15-24/h3-4,7-12,21,28H,2,5-6,14-15H2,1H3. The molecular formula is C24H23ClO5. The second-order valence-electron chi connectivity index (χ2n) is 7.25. The number of carbonyl (C=O) groups is 2. The average molecular weight is 427 g/mol. The van der Waals surface area contributed by atoms with E-state index in [9.17, 15) is 14.7 Å². The molecule has 30 heavy (non-hydrogen) atoms. The summed E-state index contributed by atoms with van der Waals surface area (Å²) >= 11 is 6.15. The normalized spacial score (nSPS) is 16.0. The minimum absolute atomic E-state index is 0.262. The Labute approximate surface area is 181 Å². The van der Waals surface area contributed by atoms with Crippen molar-refractivity contribution in [2.45, 2.75) is 43.8 Å². The fourth-order valence-corrected chi connectivity index (χ4v) is 3.58. The van der Waals surface area contributed by atoms with Crippen molar-refractivity contribution >= 4 is 23.5 Å². The van der Waals surface area contributed by atoms with Crippen LogP contribution in [0.25, 0.3) is 0 Å². The van der Waals surface area contributed by atoms with Crippen LogP contribution in [-0.4, -0.2) is 29.8 Å². The van der Waals surface area contributed by atoms with Crippen molar-refractivity contribution in [2.75, 3.05) is 7.11 Å². The fourth-order valence-electron chi connectivity index (χ4n) is 3.35. The van der Waals surface area contributed by atoms with Crippen LogP contribution in [0.3, 0.4) is 0 Å². The molecule has 1 unspecified atom stereocenters. The number of rotatable bonds is 4. The molecule has 0 amide bonds. The lowest BCUT2D eigenvalue weighted by Crippen LogP contribution is -2.29. The molecule has 0 heterocycles. The Hall–Kier alpha value is -2.81. The van der Waals surface area contributed by atoms with Gasteiger partial charge in [-0.1, -0.05) is 48.1 Å². The predicted octanol–water partition coefficient (Wildman–Crippen LogP) is 4.46. The minimum Gasteiger partial charge on any atom is -0.466 e. The Morgan fingerprint density at radius 1 is 1.07 bits per heavy atom. The van der Waals surface area contributed by atoms with Gasteiger partial charge in [0.15, 0.2) is 0 Å². The minimum atomic E-state index is -1.27. The summed E-state index contributed by atoms with van der Waals surface area (Å²) in [5.41, 5.74) is 0.361. The molecule has 1 fully saturated rings. The summed E-state index contributed by atoms with van der Waals surface area (Å²) in [6, 6.07) is 13.1. The first-order valence-electron chi connectivity index (χ1n) is 9.81. The molecule has 5 nitrogen and oxygen atoms in total. The Morgan fingerprint density at radius 2 is 1.73 bits per heavy atom. The number of benzene rings is 2. The summed E-state index contributed by atoms with van der Waals surface area (Å²) in [4.78, 5) is 24.7. The van der Waals surface area contributed by atoms with Crippen molar-refractivity contribution in [3.05, 3.63) is 70.2 Å². The lowest BCUT2D eigenvalue weighted by molar-refractivity contribution is -0.151. The highest BCUT2D eigenvalue weighted by atomic mass is 35.5. The third-order valence-corrected chi connectivity index (χ3v) is 5.41. The maximum atomic E-state index is 12.6. The van der Waals surface area contributed by atoms with Crippen LogP contribution in [-0.2, 0) is 14.3 Å². The van der Waals surface area contributed by atoms with E-state index in [-0.39, 0.29) is 5.56 Å². The van der Waals surface area contributed by atoms with Gasteiger partial charge in [-0.3, -0.25) is 0 Å². The zero-order valence-electron chi connectivity index (χ0n) is 16.7. The molecule has 6 heteroatoms. The summed E-state index contributed by atoms with van der Waals surface area (Å²) in [7, 11) is 1.22. The number of esters is 2. The van der Waals surface area contributed by atoms with E-state index in [1.165, 1.54) is 7.11 Å². The van der Waals surface area contributed by atoms with E-state index in [0.717, 1.165) is 19.3 Å². The molecule has 0 bridgehead atoms. The number of aliphatic hydroxyl groups is 1. The molecule has 156 valence electrons. The monoisotopic (exact) mass is 426 g/mol. The van der Waals surface area contributed by atoms with Gasteiger partial charge >= 0.3 is 11.9 Å². The van der Waals surface area contributed by atoms with Gasteiger partial charge in [0.25, 0.3) is 0 Å². The number of methoxy groups -OCH3 is 1. The molecule has 1 saturated carbocycles. The highest BCUT2D eigenvalue weighted by molar-refractivity contribution is 6.31.